The topological polar surface area (TPSA) is 58.1 Å². The van der Waals surface area contributed by atoms with Crippen molar-refractivity contribution in [3.63, 3.8) is 0 Å². The molecule has 1 aliphatic rings. The first-order chi connectivity index (χ1) is 9.63. The molecule has 0 aromatic carbocycles. The molecule has 1 atom stereocenters. The molecule has 1 N–H and O–H groups in total. The number of nitrogens with zero attached hydrogens (tertiary/aromatic N) is 3. The quantitative estimate of drug-likeness (QED) is 0.913. The Bertz CT molecular complexity index is 661. The van der Waals surface area contributed by atoms with Crippen molar-refractivity contribution in [1.82, 2.24) is 15.3 Å². The lowest BCUT2D eigenvalue weighted by Gasteiger charge is -2.20. The molecule has 0 spiro atoms. The van der Waals surface area contributed by atoms with Gasteiger partial charge in [0.25, 0.3) is 0 Å². The van der Waals surface area contributed by atoms with Crippen molar-refractivity contribution in [3.8, 4) is 0 Å². The summed E-state index contributed by atoms with van der Waals surface area (Å²) >= 11 is 3.41. The Morgan fingerprint density at radius 3 is 3.15 bits per heavy atom. The number of pyridine rings is 2. The normalized spacial score (nSPS) is 18.5. The van der Waals surface area contributed by atoms with Gasteiger partial charge in [-0.1, -0.05) is 0 Å². The summed E-state index contributed by atoms with van der Waals surface area (Å²) in [7, 11) is 0. The van der Waals surface area contributed by atoms with Crippen LogP contribution < -0.4 is 10.2 Å². The lowest BCUT2D eigenvalue weighted by molar-refractivity contribution is -0.119. The van der Waals surface area contributed by atoms with E-state index in [-0.39, 0.29) is 11.9 Å². The molecule has 3 rings (SSSR count). The van der Waals surface area contributed by atoms with Crippen LogP contribution in [0.3, 0.4) is 0 Å². The molecule has 3 heterocycles. The summed E-state index contributed by atoms with van der Waals surface area (Å²) in [5.74, 6) is 0.0264. The molecular formula is C14H15BrN4O. The number of hydrogen-bond acceptors (Lipinski definition) is 4. The Hall–Kier alpha value is -1.69. The third kappa shape index (κ3) is 2.60. The SMILES string of the molecule is CC(=O)NC1CCN(c2ccnc3cc(Br)cnc23)C1. The second-order valence-electron chi connectivity index (χ2n) is 4.98. The molecule has 1 saturated heterocycles. The number of rotatable bonds is 2. The molecule has 6 heteroatoms. The highest BCUT2D eigenvalue weighted by molar-refractivity contribution is 9.10. The van der Waals surface area contributed by atoms with Crippen molar-refractivity contribution >= 4 is 38.6 Å². The van der Waals surface area contributed by atoms with Gasteiger partial charge in [-0.05, 0) is 34.5 Å². The third-order valence-corrected chi connectivity index (χ3v) is 3.89. The number of halogens is 1. The van der Waals surface area contributed by atoms with Gasteiger partial charge >= 0.3 is 0 Å². The fraction of sp³-hybridized carbons (Fsp3) is 0.357. The van der Waals surface area contributed by atoms with Crippen molar-refractivity contribution in [3.05, 3.63) is 29.0 Å². The highest BCUT2D eigenvalue weighted by Crippen LogP contribution is 2.28. The van der Waals surface area contributed by atoms with E-state index < -0.39 is 0 Å². The van der Waals surface area contributed by atoms with Crippen molar-refractivity contribution in [2.24, 2.45) is 0 Å². The lowest BCUT2D eigenvalue weighted by Crippen LogP contribution is -2.35. The standard InChI is InChI=1S/C14H15BrN4O/c1-9(20)18-11-3-5-19(8-11)13-2-4-16-12-6-10(15)7-17-14(12)13/h2,4,6-7,11H,3,5,8H2,1H3,(H,18,20). The van der Waals surface area contributed by atoms with Gasteiger partial charge in [-0.2, -0.15) is 0 Å². The molecule has 104 valence electrons. The van der Waals surface area contributed by atoms with Gasteiger partial charge in [0.1, 0.15) is 5.52 Å². The summed E-state index contributed by atoms with van der Waals surface area (Å²) in [5, 5.41) is 2.97. The van der Waals surface area contributed by atoms with Gasteiger partial charge in [0.15, 0.2) is 0 Å². The van der Waals surface area contributed by atoms with E-state index in [4.69, 9.17) is 0 Å². The van der Waals surface area contributed by atoms with Gasteiger partial charge in [-0.15, -0.1) is 0 Å². The summed E-state index contributed by atoms with van der Waals surface area (Å²) in [6.07, 6.45) is 4.55. The second kappa shape index (κ2) is 5.36. The number of hydrogen-bond donors (Lipinski definition) is 1. The number of carbonyl (C=O) groups is 1. The second-order valence-corrected chi connectivity index (χ2v) is 5.90. The average molecular weight is 335 g/mol. The predicted molar refractivity (Wildman–Crippen MR) is 81.7 cm³/mol. The fourth-order valence-electron chi connectivity index (χ4n) is 2.63. The van der Waals surface area contributed by atoms with E-state index in [1.54, 1.807) is 19.3 Å². The van der Waals surface area contributed by atoms with E-state index in [0.29, 0.717) is 0 Å². The molecule has 2 aromatic heterocycles. The number of carbonyl (C=O) groups excluding carboxylic acids is 1. The average Bonchev–Trinajstić information content (AvgIpc) is 2.85. The van der Waals surface area contributed by atoms with E-state index in [1.165, 1.54) is 0 Å². The molecule has 2 aromatic rings. The third-order valence-electron chi connectivity index (χ3n) is 3.46. The number of fused-ring (bicyclic) bond motifs is 1. The first kappa shape index (κ1) is 13.3. The van der Waals surface area contributed by atoms with Gasteiger partial charge in [0.05, 0.1) is 11.2 Å². The number of anilines is 1. The van der Waals surface area contributed by atoms with Crippen molar-refractivity contribution in [2.75, 3.05) is 18.0 Å². The molecule has 5 nitrogen and oxygen atoms in total. The minimum Gasteiger partial charge on any atom is -0.368 e. The fourth-order valence-corrected chi connectivity index (χ4v) is 2.95. The van der Waals surface area contributed by atoms with E-state index in [2.05, 4.69) is 36.1 Å². The monoisotopic (exact) mass is 334 g/mol. The predicted octanol–water partition coefficient (Wildman–Crippen LogP) is 2.11. The molecule has 1 fully saturated rings. The largest absolute Gasteiger partial charge is 0.368 e. The van der Waals surface area contributed by atoms with Crippen molar-refractivity contribution in [1.29, 1.82) is 0 Å². The summed E-state index contributed by atoms with van der Waals surface area (Å²) < 4.78 is 0.923. The molecule has 20 heavy (non-hydrogen) atoms. The summed E-state index contributed by atoms with van der Waals surface area (Å²) in [5.41, 5.74) is 2.86. The smallest absolute Gasteiger partial charge is 0.217 e. The molecule has 1 unspecified atom stereocenters. The van der Waals surface area contributed by atoms with Crippen LogP contribution in [0.1, 0.15) is 13.3 Å². The number of aromatic nitrogens is 2. The maximum atomic E-state index is 11.1. The van der Waals surface area contributed by atoms with Gasteiger partial charge < -0.3 is 10.2 Å². The van der Waals surface area contributed by atoms with Crippen LogP contribution in [0.2, 0.25) is 0 Å². The molecule has 1 aliphatic heterocycles. The summed E-state index contributed by atoms with van der Waals surface area (Å²) in [4.78, 5) is 22.2. The zero-order chi connectivity index (χ0) is 14.1. The van der Waals surface area contributed by atoms with Gasteiger partial charge in [0, 0.05) is 42.9 Å². The maximum Gasteiger partial charge on any atom is 0.217 e. The summed E-state index contributed by atoms with van der Waals surface area (Å²) in [6.45, 7) is 3.29. The molecular weight excluding hydrogens is 320 g/mol. The Morgan fingerprint density at radius 1 is 1.50 bits per heavy atom. The number of nitrogens with one attached hydrogen (secondary N) is 1. The van der Waals surface area contributed by atoms with Crippen LogP contribution in [0.5, 0.6) is 0 Å². The van der Waals surface area contributed by atoms with E-state index in [0.717, 1.165) is 40.7 Å². The van der Waals surface area contributed by atoms with Crippen LogP contribution >= 0.6 is 15.9 Å². The minimum absolute atomic E-state index is 0.0264. The molecule has 0 radical (unpaired) electrons. The van der Waals surface area contributed by atoms with Crippen LogP contribution in [0.25, 0.3) is 11.0 Å². The van der Waals surface area contributed by atoms with Crippen LogP contribution in [-0.2, 0) is 4.79 Å². The van der Waals surface area contributed by atoms with Crippen molar-refractivity contribution < 1.29 is 4.79 Å². The Balaban J connectivity index is 1.90. The van der Waals surface area contributed by atoms with Crippen molar-refractivity contribution in [2.45, 2.75) is 19.4 Å². The lowest BCUT2D eigenvalue weighted by atomic mass is 10.2. The molecule has 1 amide bonds. The van der Waals surface area contributed by atoms with Crippen LogP contribution in [-0.4, -0.2) is 35.0 Å². The van der Waals surface area contributed by atoms with Crippen LogP contribution in [0.4, 0.5) is 5.69 Å². The van der Waals surface area contributed by atoms with Gasteiger partial charge in [0.2, 0.25) is 5.91 Å². The Labute approximate surface area is 125 Å². The zero-order valence-corrected chi connectivity index (χ0v) is 12.7. The maximum absolute atomic E-state index is 11.1. The van der Waals surface area contributed by atoms with Gasteiger partial charge in [-0.3, -0.25) is 14.8 Å². The molecule has 0 bridgehead atoms. The number of amides is 1. The first-order valence-corrected chi connectivity index (χ1v) is 7.35. The van der Waals surface area contributed by atoms with E-state index in [1.807, 2.05) is 12.1 Å². The Morgan fingerprint density at radius 2 is 2.35 bits per heavy atom. The zero-order valence-electron chi connectivity index (χ0n) is 11.1. The van der Waals surface area contributed by atoms with E-state index >= 15 is 0 Å². The minimum atomic E-state index is 0.0264. The van der Waals surface area contributed by atoms with E-state index in [9.17, 15) is 4.79 Å². The Kier molecular flexibility index (Phi) is 3.56. The summed E-state index contributed by atoms with van der Waals surface area (Å²) in [6, 6.07) is 4.17. The highest BCUT2D eigenvalue weighted by atomic mass is 79.9. The van der Waals surface area contributed by atoms with Crippen LogP contribution in [0, 0.1) is 0 Å². The van der Waals surface area contributed by atoms with Crippen LogP contribution in [0.15, 0.2) is 29.0 Å². The molecule has 0 aliphatic carbocycles. The molecule has 0 saturated carbocycles. The highest BCUT2D eigenvalue weighted by Gasteiger charge is 2.24. The van der Waals surface area contributed by atoms with Gasteiger partial charge in [-0.25, -0.2) is 0 Å². The first-order valence-electron chi connectivity index (χ1n) is 6.56.